The van der Waals surface area contributed by atoms with E-state index in [1.807, 2.05) is 0 Å². The molecule has 0 saturated carbocycles. The van der Waals surface area contributed by atoms with Gasteiger partial charge in [-0.2, -0.15) is 5.10 Å². The van der Waals surface area contributed by atoms with Crippen molar-refractivity contribution in [2.75, 3.05) is 11.9 Å². The van der Waals surface area contributed by atoms with Gasteiger partial charge in [0.25, 0.3) is 0 Å². The molecule has 23 heavy (non-hydrogen) atoms. The van der Waals surface area contributed by atoms with Crippen molar-refractivity contribution in [1.29, 1.82) is 0 Å². The van der Waals surface area contributed by atoms with Gasteiger partial charge in [0.05, 0.1) is 10.8 Å². The number of rotatable bonds is 8. The highest BCUT2D eigenvalue weighted by Gasteiger charge is 2.28. The summed E-state index contributed by atoms with van der Waals surface area (Å²) in [5, 5.41) is 29.3. The zero-order chi connectivity index (χ0) is 17.7. The van der Waals surface area contributed by atoms with Gasteiger partial charge < -0.3 is 15.7 Å². The van der Waals surface area contributed by atoms with Crippen LogP contribution in [0.4, 0.5) is 11.5 Å². The highest BCUT2D eigenvalue weighted by Crippen LogP contribution is 2.28. The van der Waals surface area contributed by atoms with Gasteiger partial charge in [-0.1, -0.05) is 13.8 Å². The predicted octanol–water partition coefficient (Wildman–Crippen LogP) is 0.664. The average Bonchev–Trinajstić information content (AvgIpc) is 2.75. The number of anilines is 1. The molecule has 0 bridgehead atoms. The third kappa shape index (κ3) is 4.41. The number of amides is 1. The molecule has 0 aliphatic rings. The largest absolute Gasteiger partial charge is 0.481 e. The van der Waals surface area contributed by atoms with Crippen LogP contribution in [0.5, 0.6) is 0 Å². The molecule has 1 aromatic rings. The first-order valence-electron chi connectivity index (χ1n) is 7.14. The van der Waals surface area contributed by atoms with E-state index in [4.69, 9.17) is 5.11 Å². The molecule has 0 spiro atoms. The van der Waals surface area contributed by atoms with Crippen LogP contribution in [0.3, 0.4) is 0 Å². The van der Waals surface area contributed by atoms with Crippen LogP contribution in [0.2, 0.25) is 0 Å². The van der Waals surface area contributed by atoms with Gasteiger partial charge >= 0.3 is 11.7 Å². The summed E-state index contributed by atoms with van der Waals surface area (Å²) in [4.78, 5) is 33.5. The van der Waals surface area contributed by atoms with Gasteiger partial charge in [0.2, 0.25) is 11.7 Å². The first kappa shape index (κ1) is 18.4. The molecule has 0 radical (unpaired) electrons. The third-order valence-corrected chi connectivity index (χ3v) is 3.41. The molecule has 0 aliphatic carbocycles. The number of aryl methyl sites for hydroxylation is 2. The Labute approximate surface area is 133 Å². The van der Waals surface area contributed by atoms with Crippen LogP contribution >= 0.6 is 0 Å². The maximum absolute atomic E-state index is 12.1. The molecular weight excluding hydrogens is 306 g/mol. The van der Waals surface area contributed by atoms with E-state index < -0.39 is 28.8 Å². The molecule has 1 rings (SSSR count). The van der Waals surface area contributed by atoms with Crippen LogP contribution < -0.4 is 10.6 Å². The standard InChI is InChI=1S/C13H21N5O5/c1-5-9(12(19)14-6-7(2)13(20)21)15-11-10(18(22)23)8(3)16-17(11)4/h7,9,15H,5-6H2,1-4H3,(H,14,19)(H,20,21)/t7-,9+/m1/s1. The van der Waals surface area contributed by atoms with Gasteiger partial charge in [-0.15, -0.1) is 0 Å². The van der Waals surface area contributed by atoms with E-state index in [1.54, 1.807) is 14.0 Å². The fourth-order valence-electron chi connectivity index (χ4n) is 2.01. The molecule has 0 fully saturated rings. The summed E-state index contributed by atoms with van der Waals surface area (Å²) < 4.78 is 1.31. The maximum Gasteiger partial charge on any atom is 0.333 e. The number of carboxylic acid groups (broad SMARTS) is 1. The SMILES string of the molecule is CC[C@H](Nc1c([N+](=O)[O-])c(C)nn1C)C(=O)NC[C@@H](C)C(=O)O. The Morgan fingerprint density at radius 2 is 2.09 bits per heavy atom. The number of nitro groups is 1. The number of aromatic nitrogens is 2. The van der Waals surface area contributed by atoms with E-state index in [9.17, 15) is 19.7 Å². The van der Waals surface area contributed by atoms with Crippen LogP contribution in [0.25, 0.3) is 0 Å². The highest BCUT2D eigenvalue weighted by molar-refractivity contribution is 5.85. The van der Waals surface area contributed by atoms with Crippen LogP contribution in [-0.2, 0) is 16.6 Å². The second-order valence-corrected chi connectivity index (χ2v) is 5.25. The minimum absolute atomic E-state index is 0.0150. The minimum atomic E-state index is -1.01. The van der Waals surface area contributed by atoms with Crippen molar-refractivity contribution < 1.29 is 19.6 Å². The first-order chi connectivity index (χ1) is 10.7. The van der Waals surface area contributed by atoms with Crippen molar-refractivity contribution in [1.82, 2.24) is 15.1 Å². The van der Waals surface area contributed by atoms with E-state index in [0.29, 0.717) is 6.42 Å². The number of nitrogens with zero attached hydrogens (tertiary/aromatic N) is 3. The maximum atomic E-state index is 12.1. The second-order valence-electron chi connectivity index (χ2n) is 5.25. The lowest BCUT2D eigenvalue weighted by Gasteiger charge is -2.18. The van der Waals surface area contributed by atoms with Crippen LogP contribution in [0.15, 0.2) is 0 Å². The van der Waals surface area contributed by atoms with Crippen molar-refractivity contribution in [3.63, 3.8) is 0 Å². The molecule has 0 unspecified atom stereocenters. The molecular formula is C13H21N5O5. The number of nitrogens with one attached hydrogen (secondary N) is 2. The van der Waals surface area contributed by atoms with Crippen LogP contribution in [-0.4, -0.2) is 44.3 Å². The normalized spacial score (nSPS) is 13.2. The van der Waals surface area contributed by atoms with E-state index in [2.05, 4.69) is 15.7 Å². The van der Waals surface area contributed by atoms with E-state index in [0.717, 1.165) is 0 Å². The Morgan fingerprint density at radius 3 is 2.57 bits per heavy atom. The lowest BCUT2D eigenvalue weighted by molar-refractivity contribution is -0.384. The fraction of sp³-hybridized carbons (Fsp3) is 0.615. The van der Waals surface area contributed by atoms with Crippen molar-refractivity contribution >= 4 is 23.4 Å². The molecule has 1 aromatic heterocycles. The zero-order valence-electron chi connectivity index (χ0n) is 13.5. The molecule has 10 heteroatoms. The molecule has 1 amide bonds. The van der Waals surface area contributed by atoms with Gasteiger partial charge in [0, 0.05) is 13.6 Å². The molecule has 10 nitrogen and oxygen atoms in total. The summed E-state index contributed by atoms with van der Waals surface area (Å²) >= 11 is 0. The summed E-state index contributed by atoms with van der Waals surface area (Å²) in [6.45, 7) is 4.72. The molecule has 2 atom stereocenters. The van der Waals surface area contributed by atoms with Gasteiger partial charge in [-0.3, -0.25) is 19.7 Å². The molecule has 3 N–H and O–H groups in total. The second kappa shape index (κ2) is 7.56. The average molecular weight is 327 g/mol. The number of hydrogen-bond donors (Lipinski definition) is 3. The van der Waals surface area contributed by atoms with Gasteiger partial charge in [-0.05, 0) is 13.3 Å². The minimum Gasteiger partial charge on any atom is -0.481 e. The van der Waals surface area contributed by atoms with Gasteiger partial charge in [0.15, 0.2) is 0 Å². The van der Waals surface area contributed by atoms with E-state index in [-0.39, 0.29) is 23.7 Å². The summed E-state index contributed by atoms with van der Waals surface area (Å²) in [6, 6.07) is -0.732. The Bertz CT molecular complexity index is 612. The smallest absolute Gasteiger partial charge is 0.333 e. The van der Waals surface area contributed by atoms with Crippen molar-refractivity contribution in [2.45, 2.75) is 33.2 Å². The summed E-state index contributed by atoms with van der Waals surface area (Å²) in [5.41, 5.74) is 0.0624. The molecule has 0 aliphatic heterocycles. The van der Waals surface area contributed by atoms with E-state index in [1.165, 1.54) is 18.5 Å². The number of aliphatic carboxylic acids is 1. The van der Waals surface area contributed by atoms with Gasteiger partial charge in [0.1, 0.15) is 11.7 Å². The van der Waals surface area contributed by atoms with Crippen molar-refractivity contribution in [2.24, 2.45) is 13.0 Å². The third-order valence-electron chi connectivity index (χ3n) is 3.41. The summed E-state index contributed by atoms with van der Waals surface area (Å²) in [7, 11) is 1.54. The monoisotopic (exact) mass is 327 g/mol. The quantitative estimate of drug-likeness (QED) is 0.471. The first-order valence-corrected chi connectivity index (χ1v) is 7.14. The van der Waals surface area contributed by atoms with Crippen molar-refractivity contribution in [3.8, 4) is 0 Å². The Balaban J connectivity index is 2.86. The van der Waals surface area contributed by atoms with Crippen molar-refractivity contribution in [3.05, 3.63) is 15.8 Å². The Morgan fingerprint density at radius 1 is 1.48 bits per heavy atom. The lowest BCUT2D eigenvalue weighted by Crippen LogP contribution is -2.42. The molecule has 1 heterocycles. The molecule has 0 saturated heterocycles. The summed E-state index contributed by atoms with van der Waals surface area (Å²) in [5.74, 6) is -2.01. The number of carbonyl (C=O) groups excluding carboxylic acids is 1. The van der Waals surface area contributed by atoms with Crippen LogP contribution in [0.1, 0.15) is 26.0 Å². The van der Waals surface area contributed by atoms with Gasteiger partial charge in [-0.25, -0.2) is 4.68 Å². The fourth-order valence-corrected chi connectivity index (χ4v) is 2.01. The topological polar surface area (TPSA) is 139 Å². The number of carboxylic acids is 1. The van der Waals surface area contributed by atoms with E-state index >= 15 is 0 Å². The lowest BCUT2D eigenvalue weighted by atomic mass is 10.1. The predicted molar refractivity (Wildman–Crippen MR) is 82.1 cm³/mol. The molecule has 128 valence electrons. The highest BCUT2D eigenvalue weighted by atomic mass is 16.6. The Kier molecular flexibility index (Phi) is 6.05. The summed E-state index contributed by atoms with van der Waals surface area (Å²) in [6.07, 6.45) is 0.370. The Hall–Kier alpha value is -2.65. The molecule has 0 aromatic carbocycles. The zero-order valence-corrected chi connectivity index (χ0v) is 13.5. The number of carbonyl (C=O) groups is 2. The number of hydrogen-bond acceptors (Lipinski definition) is 6. The van der Waals surface area contributed by atoms with Crippen LogP contribution in [0, 0.1) is 23.0 Å².